The van der Waals surface area contributed by atoms with E-state index >= 15 is 0 Å². The Morgan fingerprint density at radius 1 is 0.757 bits per heavy atom. The van der Waals surface area contributed by atoms with Crippen LogP contribution >= 0.6 is 11.6 Å². The molecule has 192 valence electrons. The van der Waals surface area contributed by atoms with E-state index < -0.39 is 36.0 Å². The summed E-state index contributed by atoms with van der Waals surface area (Å²) in [7, 11) is 2.78. The standard InChI is InChI=1S/C26H22ClNO9/c1-34-19-10-3-6-15(12-19)25(32)36-21(23(29)28-18-9-5-8-17(27)14-18)22(24(30)31)37-26(33)16-7-4-11-20(13-16)35-2/h3-14,21-22H,1-2H3,(H,28,29)(H,30,31)/t21-,22-/m0/s1. The number of anilines is 1. The Labute approximate surface area is 216 Å². The molecule has 0 aliphatic heterocycles. The average Bonchev–Trinajstić information content (AvgIpc) is 2.90. The molecule has 0 fully saturated rings. The zero-order valence-corrected chi connectivity index (χ0v) is 20.4. The maximum atomic E-state index is 13.1. The highest BCUT2D eigenvalue weighted by Gasteiger charge is 2.41. The van der Waals surface area contributed by atoms with Crippen LogP contribution in [0.4, 0.5) is 5.69 Å². The summed E-state index contributed by atoms with van der Waals surface area (Å²) < 4.78 is 20.6. The Kier molecular flexibility index (Phi) is 9.06. The maximum absolute atomic E-state index is 13.1. The summed E-state index contributed by atoms with van der Waals surface area (Å²) in [6, 6.07) is 17.6. The van der Waals surface area contributed by atoms with Crippen LogP contribution in [-0.4, -0.2) is 55.3 Å². The van der Waals surface area contributed by atoms with Gasteiger partial charge in [0.05, 0.1) is 25.3 Å². The van der Waals surface area contributed by atoms with Crippen molar-refractivity contribution in [2.24, 2.45) is 0 Å². The highest BCUT2D eigenvalue weighted by molar-refractivity contribution is 6.30. The van der Waals surface area contributed by atoms with Gasteiger partial charge in [0.1, 0.15) is 11.5 Å². The molecule has 0 aliphatic rings. The molecule has 37 heavy (non-hydrogen) atoms. The third kappa shape index (κ3) is 7.21. The number of esters is 2. The smallest absolute Gasteiger partial charge is 0.349 e. The lowest BCUT2D eigenvalue weighted by Gasteiger charge is -2.23. The molecule has 0 unspecified atom stereocenters. The number of carboxylic acid groups (broad SMARTS) is 1. The Bertz CT molecular complexity index is 1310. The van der Waals surface area contributed by atoms with Gasteiger partial charge in [-0.15, -0.1) is 0 Å². The Hall–Kier alpha value is -4.57. The second-order valence-corrected chi connectivity index (χ2v) is 7.89. The number of hydrogen-bond donors (Lipinski definition) is 2. The van der Waals surface area contributed by atoms with Crippen LogP contribution in [0.25, 0.3) is 0 Å². The fourth-order valence-corrected chi connectivity index (χ4v) is 3.33. The quantitative estimate of drug-likeness (QED) is 0.377. The van der Waals surface area contributed by atoms with E-state index in [1.807, 2.05) is 0 Å². The third-order valence-corrected chi connectivity index (χ3v) is 5.18. The highest BCUT2D eigenvalue weighted by Crippen LogP contribution is 2.20. The summed E-state index contributed by atoms with van der Waals surface area (Å²) in [5.41, 5.74) is 0.130. The number of carbonyl (C=O) groups excluding carboxylic acids is 3. The van der Waals surface area contributed by atoms with Crippen molar-refractivity contribution in [1.82, 2.24) is 0 Å². The molecule has 0 bridgehead atoms. The lowest BCUT2D eigenvalue weighted by Crippen LogP contribution is -2.48. The van der Waals surface area contributed by atoms with E-state index in [1.54, 1.807) is 24.3 Å². The molecule has 0 saturated carbocycles. The monoisotopic (exact) mass is 527 g/mol. The first-order chi connectivity index (χ1) is 17.7. The van der Waals surface area contributed by atoms with Gasteiger partial charge in [0.15, 0.2) is 0 Å². The molecular weight excluding hydrogens is 506 g/mol. The molecule has 0 saturated heterocycles. The Balaban J connectivity index is 1.93. The number of carbonyl (C=O) groups is 4. The summed E-state index contributed by atoms with van der Waals surface area (Å²) >= 11 is 5.95. The minimum absolute atomic E-state index is 0.0248. The van der Waals surface area contributed by atoms with Gasteiger partial charge >= 0.3 is 17.9 Å². The van der Waals surface area contributed by atoms with Gasteiger partial charge in [-0.2, -0.15) is 0 Å². The molecule has 2 atom stereocenters. The average molecular weight is 528 g/mol. The number of halogens is 1. The molecule has 3 aromatic rings. The first-order valence-electron chi connectivity index (χ1n) is 10.7. The fraction of sp³-hybridized carbons (Fsp3) is 0.154. The maximum Gasteiger partial charge on any atom is 0.349 e. The second-order valence-electron chi connectivity index (χ2n) is 7.45. The van der Waals surface area contributed by atoms with Gasteiger partial charge in [0, 0.05) is 10.7 Å². The van der Waals surface area contributed by atoms with Crippen molar-refractivity contribution in [3.8, 4) is 11.5 Å². The molecular formula is C26H22ClNO9. The fourth-order valence-electron chi connectivity index (χ4n) is 3.14. The summed E-state index contributed by atoms with van der Waals surface area (Å²) in [4.78, 5) is 50.9. The van der Waals surface area contributed by atoms with E-state index in [0.29, 0.717) is 16.5 Å². The summed E-state index contributed by atoms with van der Waals surface area (Å²) in [6.45, 7) is 0. The molecule has 0 heterocycles. The van der Waals surface area contributed by atoms with E-state index in [0.717, 1.165) is 0 Å². The summed E-state index contributed by atoms with van der Waals surface area (Å²) in [5, 5.41) is 12.6. The summed E-state index contributed by atoms with van der Waals surface area (Å²) in [6.07, 6.45) is -4.28. The van der Waals surface area contributed by atoms with Crippen LogP contribution in [-0.2, 0) is 19.1 Å². The van der Waals surface area contributed by atoms with Crippen molar-refractivity contribution in [3.63, 3.8) is 0 Å². The van der Waals surface area contributed by atoms with Gasteiger partial charge in [-0.25, -0.2) is 14.4 Å². The van der Waals surface area contributed by atoms with Crippen LogP contribution < -0.4 is 14.8 Å². The zero-order valence-electron chi connectivity index (χ0n) is 19.7. The predicted octanol–water partition coefficient (Wildman–Crippen LogP) is 3.83. The first kappa shape index (κ1) is 27.0. The van der Waals surface area contributed by atoms with E-state index in [-0.39, 0.29) is 16.8 Å². The van der Waals surface area contributed by atoms with Crippen molar-refractivity contribution < 1.29 is 43.2 Å². The van der Waals surface area contributed by atoms with Crippen LogP contribution in [0.2, 0.25) is 5.02 Å². The minimum Gasteiger partial charge on any atom is -0.497 e. The van der Waals surface area contributed by atoms with E-state index in [9.17, 15) is 24.3 Å². The molecule has 0 aromatic heterocycles. The number of nitrogens with one attached hydrogen (secondary N) is 1. The number of hydrogen-bond acceptors (Lipinski definition) is 8. The normalized spacial score (nSPS) is 12.0. The van der Waals surface area contributed by atoms with Gasteiger partial charge < -0.3 is 29.4 Å². The number of amides is 1. The molecule has 0 radical (unpaired) electrons. The van der Waals surface area contributed by atoms with Crippen molar-refractivity contribution in [2.75, 3.05) is 19.5 Å². The number of rotatable bonds is 10. The molecule has 2 N–H and O–H groups in total. The van der Waals surface area contributed by atoms with Crippen molar-refractivity contribution in [3.05, 3.63) is 88.9 Å². The Morgan fingerprint density at radius 2 is 1.27 bits per heavy atom. The topological polar surface area (TPSA) is 137 Å². The van der Waals surface area contributed by atoms with E-state index in [1.165, 1.54) is 62.8 Å². The number of benzene rings is 3. The van der Waals surface area contributed by atoms with Gasteiger partial charge in [0.25, 0.3) is 5.91 Å². The van der Waals surface area contributed by atoms with Crippen LogP contribution in [0.5, 0.6) is 11.5 Å². The van der Waals surface area contributed by atoms with Gasteiger partial charge in [-0.1, -0.05) is 29.8 Å². The van der Waals surface area contributed by atoms with E-state index in [2.05, 4.69) is 5.32 Å². The summed E-state index contributed by atoms with van der Waals surface area (Å²) in [5.74, 6) is -4.27. The van der Waals surface area contributed by atoms with Gasteiger partial charge in [0.2, 0.25) is 12.2 Å². The molecule has 11 heteroatoms. The number of ether oxygens (including phenoxy) is 4. The van der Waals surface area contributed by atoms with Gasteiger partial charge in [-0.3, -0.25) is 4.79 Å². The molecule has 3 rings (SSSR count). The molecule has 0 spiro atoms. The van der Waals surface area contributed by atoms with Crippen LogP contribution in [0.1, 0.15) is 20.7 Å². The molecule has 1 amide bonds. The van der Waals surface area contributed by atoms with Crippen LogP contribution in [0.3, 0.4) is 0 Å². The second kappa shape index (κ2) is 12.4. The lowest BCUT2D eigenvalue weighted by atomic mass is 10.1. The number of methoxy groups -OCH3 is 2. The highest BCUT2D eigenvalue weighted by atomic mass is 35.5. The van der Waals surface area contributed by atoms with Crippen molar-refractivity contribution in [2.45, 2.75) is 12.2 Å². The van der Waals surface area contributed by atoms with Crippen molar-refractivity contribution >= 4 is 41.1 Å². The lowest BCUT2D eigenvalue weighted by molar-refractivity contribution is -0.157. The molecule has 0 aliphatic carbocycles. The first-order valence-corrected chi connectivity index (χ1v) is 11.1. The van der Waals surface area contributed by atoms with Crippen LogP contribution in [0.15, 0.2) is 72.8 Å². The zero-order chi connectivity index (χ0) is 26.9. The molecule has 3 aromatic carbocycles. The van der Waals surface area contributed by atoms with Gasteiger partial charge in [-0.05, 0) is 54.6 Å². The minimum atomic E-state index is -2.20. The number of carboxylic acids is 1. The largest absolute Gasteiger partial charge is 0.497 e. The molecule has 10 nitrogen and oxygen atoms in total. The van der Waals surface area contributed by atoms with E-state index in [4.69, 9.17) is 30.5 Å². The predicted molar refractivity (Wildman–Crippen MR) is 132 cm³/mol. The number of aliphatic carboxylic acids is 1. The SMILES string of the molecule is COc1cccc(C(=O)O[C@H](C(=O)O)[C@H](OC(=O)c2cccc(OC)c2)C(=O)Nc2cccc(Cl)c2)c1. The van der Waals surface area contributed by atoms with Crippen molar-refractivity contribution in [1.29, 1.82) is 0 Å². The van der Waals surface area contributed by atoms with Crippen LogP contribution in [0, 0.1) is 0 Å². The third-order valence-electron chi connectivity index (χ3n) is 4.95. The Morgan fingerprint density at radius 3 is 1.76 bits per heavy atom.